The Morgan fingerprint density at radius 2 is 1.73 bits per heavy atom. The van der Waals surface area contributed by atoms with Gasteiger partial charge in [0.05, 0.1) is 30.2 Å². The number of imide groups is 1. The van der Waals surface area contributed by atoms with Gasteiger partial charge in [-0.2, -0.15) is 0 Å². The average molecular weight is 445 g/mol. The highest BCUT2D eigenvalue weighted by molar-refractivity contribution is 6.23. The summed E-state index contributed by atoms with van der Waals surface area (Å²) < 4.78 is 10.3. The van der Waals surface area contributed by atoms with Crippen LogP contribution in [0.4, 0.5) is 5.69 Å². The highest BCUT2D eigenvalue weighted by Gasteiger charge is 2.60. The first-order valence-electron chi connectivity index (χ1n) is 10.9. The van der Waals surface area contributed by atoms with Gasteiger partial charge in [0.1, 0.15) is 5.75 Å². The van der Waals surface area contributed by atoms with E-state index < -0.39 is 12.6 Å². The number of anilines is 1. The normalized spacial score (nSPS) is 25.2. The number of ketones is 1. The van der Waals surface area contributed by atoms with E-state index in [2.05, 4.69) is 6.08 Å². The van der Waals surface area contributed by atoms with E-state index in [1.807, 2.05) is 6.92 Å². The summed E-state index contributed by atoms with van der Waals surface area (Å²) in [4.78, 5) is 52.4. The molecule has 5 rings (SSSR count). The first-order valence-corrected chi connectivity index (χ1v) is 10.9. The van der Waals surface area contributed by atoms with Gasteiger partial charge in [-0.15, -0.1) is 0 Å². The average Bonchev–Trinajstić information content (AvgIpc) is 3.47. The van der Waals surface area contributed by atoms with E-state index in [4.69, 9.17) is 9.47 Å². The Morgan fingerprint density at radius 3 is 2.52 bits per heavy atom. The van der Waals surface area contributed by atoms with Crippen LogP contribution in [0.15, 0.2) is 60.2 Å². The van der Waals surface area contributed by atoms with Crippen LogP contribution in [-0.2, 0) is 14.3 Å². The summed E-state index contributed by atoms with van der Waals surface area (Å²) in [5.41, 5.74) is 2.07. The zero-order valence-corrected chi connectivity index (χ0v) is 18.3. The molecule has 0 unspecified atom stereocenters. The van der Waals surface area contributed by atoms with Crippen LogP contribution in [0.3, 0.4) is 0 Å². The fraction of sp³-hybridized carbons (Fsp3) is 0.308. The van der Waals surface area contributed by atoms with Crippen molar-refractivity contribution in [2.75, 3.05) is 18.6 Å². The topological polar surface area (TPSA) is 90.0 Å². The number of hydrogen-bond acceptors (Lipinski definition) is 6. The number of carbonyl (C=O) groups is 4. The van der Waals surface area contributed by atoms with Crippen LogP contribution in [0.25, 0.3) is 0 Å². The molecule has 2 aromatic rings. The molecule has 3 aliphatic rings. The van der Waals surface area contributed by atoms with Crippen molar-refractivity contribution in [3.05, 3.63) is 71.3 Å². The first kappa shape index (κ1) is 21.1. The van der Waals surface area contributed by atoms with Crippen LogP contribution in [0.5, 0.6) is 5.75 Å². The number of rotatable bonds is 6. The molecule has 2 fully saturated rings. The van der Waals surface area contributed by atoms with Crippen molar-refractivity contribution in [1.82, 2.24) is 0 Å². The molecule has 1 saturated carbocycles. The molecule has 1 heterocycles. The molecule has 0 aromatic heterocycles. The van der Waals surface area contributed by atoms with Gasteiger partial charge >= 0.3 is 5.97 Å². The summed E-state index contributed by atoms with van der Waals surface area (Å²) >= 11 is 0. The van der Waals surface area contributed by atoms with Crippen molar-refractivity contribution in [3.63, 3.8) is 0 Å². The van der Waals surface area contributed by atoms with E-state index in [0.717, 1.165) is 6.42 Å². The van der Waals surface area contributed by atoms with Gasteiger partial charge in [-0.3, -0.25) is 14.4 Å². The minimum Gasteiger partial charge on any atom is -0.497 e. The Labute approximate surface area is 191 Å². The van der Waals surface area contributed by atoms with Gasteiger partial charge in [0.25, 0.3) is 0 Å². The Hall–Kier alpha value is -3.74. The molecule has 2 aliphatic carbocycles. The van der Waals surface area contributed by atoms with Gasteiger partial charge < -0.3 is 9.47 Å². The number of amides is 2. The first-order chi connectivity index (χ1) is 15.9. The van der Waals surface area contributed by atoms with E-state index >= 15 is 0 Å². The van der Waals surface area contributed by atoms with Crippen LogP contribution in [0, 0.1) is 23.7 Å². The lowest BCUT2D eigenvalue weighted by atomic mass is 9.82. The van der Waals surface area contributed by atoms with Crippen LogP contribution in [0.2, 0.25) is 0 Å². The Bertz CT molecular complexity index is 1210. The van der Waals surface area contributed by atoms with Crippen LogP contribution >= 0.6 is 0 Å². The minimum atomic E-state index is -0.704. The van der Waals surface area contributed by atoms with Crippen LogP contribution in [-0.4, -0.2) is 37.3 Å². The molecule has 1 saturated heterocycles. The summed E-state index contributed by atoms with van der Waals surface area (Å²) in [6, 6.07) is 12.8. The lowest BCUT2D eigenvalue weighted by Crippen LogP contribution is -2.33. The molecule has 7 nitrogen and oxygen atoms in total. The molecule has 33 heavy (non-hydrogen) atoms. The lowest BCUT2D eigenvalue weighted by molar-refractivity contribution is -0.123. The number of fused-ring (bicyclic) bond motifs is 5. The number of esters is 1. The maximum Gasteiger partial charge on any atom is 0.338 e. The molecule has 2 amide bonds. The summed E-state index contributed by atoms with van der Waals surface area (Å²) in [6.45, 7) is 1.58. The number of Topliss-reactive ketones (excluding diaryl/α,β-unsaturated/α-hetero) is 1. The molecule has 4 atom stereocenters. The molecule has 0 spiro atoms. The smallest absolute Gasteiger partial charge is 0.338 e. The molecule has 168 valence electrons. The third-order valence-corrected chi connectivity index (χ3v) is 6.95. The molecule has 0 radical (unpaired) electrons. The summed E-state index contributed by atoms with van der Waals surface area (Å²) in [5, 5.41) is 0. The Morgan fingerprint density at radius 1 is 1.00 bits per heavy atom. The van der Waals surface area contributed by atoms with Crippen LogP contribution < -0.4 is 9.64 Å². The van der Waals surface area contributed by atoms with Crippen molar-refractivity contribution in [1.29, 1.82) is 0 Å². The number of methoxy groups -OCH3 is 1. The van der Waals surface area contributed by atoms with Gasteiger partial charge in [-0.1, -0.05) is 29.8 Å². The van der Waals surface area contributed by atoms with E-state index in [9.17, 15) is 19.2 Å². The summed E-state index contributed by atoms with van der Waals surface area (Å²) in [6.07, 6.45) is 2.98. The molecule has 1 aliphatic heterocycles. The minimum absolute atomic E-state index is 0.109. The SMILES string of the molecule is COc1cccc(C(=O)COC(=O)c2cccc(N3C(=O)[C@H]4[C@H](C3=O)[C@@H]3C[C@H]4C=C3C)c2)c1. The Balaban J connectivity index is 1.30. The van der Waals surface area contributed by atoms with Gasteiger partial charge in [-0.05, 0) is 55.5 Å². The van der Waals surface area contributed by atoms with Crippen molar-refractivity contribution in [2.24, 2.45) is 23.7 Å². The predicted molar refractivity (Wildman–Crippen MR) is 119 cm³/mol. The standard InChI is InChI=1S/C26H23NO6/c1-14-9-17-12-20(14)23-22(17)24(29)27(25(23)30)18-7-3-6-16(10-18)26(31)33-13-21(28)15-5-4-8-19(11-15)32-2/h3-11,17,20,22-23H,12-13H2,1-2H3/t17-,20-,22-,23-/m1/s1. The highest BCUT2D eigenvalue weighted by atomic mass is 16.5. The molecular formula is C26H23NO6. The molecular weight excluding hydrogens is 422 g/mol. The van der Waals surface area contributed by atoms with Crippen molar-refractivity contribution >= 4 is 29.3 Å². The lowest BCUT2D eigenvalue weighted by Gasteiger charge is -2.19. The molecule has 0 N–H and O–H groups in total. The zero-order valence-electron chi connectivity index (χ0n) is 18.3. The fourth-order valence-electron chi connectivity index (χ4n) is 5.40. The summed E-state index contributed by atoms with van der Waals surface area (Å²) in [7, 11) is 1.50. The number of nitrogens with zero attached hydrogens (tertiary/aromatic N) is 1. The van der Waals surface area contributed by atoms with Gasteiger partial charge in [-0.25, -0.2) is 9.69 Å². The monoisotopic (exact) mass is 445 g/mol. The second kappa shape index (κ2) is 7.99. The second-order valence-electron chi connectivity index (χ2n) is 8.76. The van der Waals surface area contributed by atoms with Gasteiger partial charge in [0, 0.05) is 5.56 Å². The summed E-state index contributed by atoms with van der Waals surface area (Å²) in [5.74, 6) is -1.35. The fourth-order valence-corrected chi connectivity index (χ4v) is 5.40. The van der Waals surface area contributed by atoms with E-state index in [-0.39, 0.29) is 46.8 Å². The van der Waals surface area contributed by atoms with Crippen molar-refractivity contribution in [2.45, 2.75) is 13.3 Å². The zero-order chi connectivity index (χ0) is 23.3. The van der Waals surface area contributed by atoms with E-state index in [1.165, 1.54) is 29.7 Å². The van der Waals surface area contributed by atoms with Gasteiger partial charge in [0.15, 0.2) is 12.4 Å². The van der Waals surface area contributed by atoms with E-state index in [0.29, 0.717) is 17.0 Å². The number of carbonyl (C=O) groups excluding carboxylic acids is 4. The number of hydrogen-bond donors (Lipinski definition) is 0. The number of ether oxygens (including phenoxy) is 2. The Kier molecular flexibility index (Phi) is 5.12. The molecule has 2 bridgehead atoms. The van der Waals surface area contributed by atoms with Crippen molar-refractivity contribution in [3.8, 4) is 5.75 Å². The molecule has 7 heteroatoms. The number of benzene rings is 2. The largest absolute Gasteiger partial charge is 0.497 e. The third-order valence-electron chi connectivity index (χ3n) is 6.95. The maximum atomic E-state index is 13.1. The second-order valence-corrected chi connectivity index (χ2v) is 8.76. The predicted octanol–water partition coefficient (Wildman–Crippen LogP) is 3.44. The quantitative estimate of drug-likeness (QED) is 0.293. The van der Waals surface area contributed by atoms with E-state index in [1.54, 1.807) is 36.4 Å². The maximum absolute atomic E-state index is 13.1. The molecule has 2 aromatic carbocycles. The third kappa shape index (κ3) is 3.44. The number of allylic oxidation sites excluding steroid dienone is 2. The van der Waals surface area contributed by atoms with Crippen molar-refractivity contribution < 1.29 is 28.7 Å². The van der Waals surface area contributed by atoms with Crippen LogP contribution in [0.1, 0.15) is 34.1 Å². The highest BCUT2D eigenvalue weighted by Crippen LogP contribution is 2.55. The van der Waals surface area contributed by atoms with Gasteiger partial charge in [0.2, 0.25) is 11.8 Å².